The highest BCUT2D eigenvalue weighted by Crippen LogP contribution is 2.38. The quantitative estimate of drug-likeness (QED) is 0.328. The summed E-state index contributed by atoms with van der Waals surface area (Å²) in [6.07, 6.45) is 1.06. The van der Waals surface area contributed by atoms with Gasteiger partial charge in [-0.1, -0.05) is 41.9 Å². The Morgan fingerprint density at radius 1 is 0.897 bits per heavy atom. The summed E-state index contributed by atoms with van der Waals surface area (Å²) in [5.74, 6) is -0.131. The number of benzene rings is 3. The van der Waals surface area contributed by atoms with E-state index in [-0.39, 0.29) is 15.7 Å². The van der Waals surface area contributed by atoms with Gasteiger partial charge in [0.2, 0.25) is 0 Å². The zero-order valence-corrected chi connectivity index (χ0v) is 24.2. The van der Waals surface area contributed by atoms with E-state index in [9.17, 15) is 21.6 Å². The first kappa shape index (κ1) is 27.6. The van der Waals surface area contributed by atoms with Gasteiger partial charge in [0.1, 0.15) is 4.88 Å². The summed E-state index contributed by atoms with van der Waals surface area (Å²) in [6.45, 7) is 3.56. The Morgan fingerprint density at radius 3 is 2.18 bits per heavy atom. The maximum absolute atomic E-state index is 13.3. The third-order valence-electron chi connectivity index (χ3n) is 6.55. The lowest BCUT2D eigenvalue weighted by Crippen LogP contribution is -2.48. The van der Waals surface area contributed by atoms with Crippen molar-refractivity contribution in [3.63, 3.8) is 0 Å². The van der Waals surface area contributed by atoms with Gasteiger partial charge in [0.05, 0.1) is 20.5 Å². The Balaban J connectivity index is 1.29. The predicted molar refractivity (Wildman–Crippen MR) is 155 cm³/mol. The number of halogens is 1. The molecular weight excluding hydrogens is 578 g/mol. The van der Waals surface area contributed by atoms with Gasteiger partial charge in [0.25, 0.3) is 15.9 Å². The monoisotopic (exact) mass is 603 g/mol. The van der Waals surface area contributed by atoms with Crippen molar-refractivity contribution >= 4 is 64.5 Å². The third-order valence-corrected chi connectivity index (χ3v) is 10.7. The fraction of sp³-hybridized carbons (Fsp3) is 0.222. The molecule has 4 aromatic rings. The van der Waals surface area contributed by atoms with Gasteiger partial charge in [-0.05, 0) is 48.0 Å². The molecular formula is C27H26ClN3O5S3. The Kier molecular flexibility index (Phi) is 7.71. The van der Waals surface area contributed by atoms with E-state index in [0.29, 0.717) is 38.8 Å². The second kappa shape index (κ2) is 10.9. The molecule has 1 aliphatic rings. The summed E-state index contributed by atoms with van der Waals surface area (Å²) in [5.41, 5.74) is 1.54. The molecule has 39 heavy (non-hydrogen) atoms. The van der Waals surface area contributed by atoms with Crippen molar-refractivity contribution in [3.05, 3.63) is 88.3 Å². The van der Waals surface area contributed by atoms with E-state index in [4.69, 9.17) is 11.6 Å². The van der Waals surface area contributed by atoms with Crippen LogP contribution in [0, 0.1) is 0 Å². The molecule has 12 heteroatoms. The molecule has 0 saturated carbocycles. The summed E-state index contributed by atoms with van der Waals surface area (Å²) in [5, 5.41) is 1.03. The highest BCUT2D eigenvalue weighted by atomic mass is 35.5. The fourth-order valence-electron chi connectivity index (χ4n) is 4.44. The van der Waals surface area contributed by atoms with Crippen LogP contribution in [0.15, 0.2) is 82.6 Å². The molecule has 5 rings (SSSR count). The summed E-state index contributed by atoms with van der Waals surface area (Å²) < 4.78 is 52.3. The first-order chi connectivity index (χ1) is 18.5. The van der Waals surface area contributed by atoms with Crippen LogP contribution in [0.5, 0.6) is 0 Å². The number of amides is 1. The lowest BCUT2D eigenvalue weighted by Gasteiger charge is -2.34. The van der Waals surface area contributed by atoms with Gasteiger partial charge in [-0.2, -0.15) is 0 Å². The van der Waals surface area contributed by atoms with Crippen LogP contribution in [0.25, 0.3) is 10.1 Å². The molecule has 1 amide bonds. The van der Waals surface area contributed by atoms with E-state index >= 15 is 0 Å². The number of carbonyl (C=O) groups is 1. The molecule has 3 aromatic carbocycles. The zero-order chi connectivity index (χ0) is 27.8. The van der Waals surface area contributed by atoms with Crippen molar-refractivity contribution in [1.82, 2.24) is 9.80 Å². The first-order valence-corrected chi connectivity index (χ1v) is 16.7. The molecule has 1 fully saturated rings. The smallest absolute Gasteiger partial charge is 0.265 e. The molecule has 1 aliphatic heterocycles. The second-order valence-corrected chi connectivity index (χ2v) is 14.5. The first-order valence-electron chi connectivity index (χ1n) is 12.1. The highest BCUT2D eigenvalue weighted by molar-refractivity contribution is 7.92. The van der Waals surface area contributed by atoms with Gasteiger partial charge in [0.15, 0.2) is 9.84 Å². The standard InChI is InChI=1S/C27H26ClN3O5S3/c1-38(33,34)21-8-10-22(11-9-21)39(35,36)29-20-7-12-23-24(17-20)37-26(25(23)28)27(32)31-15-13-30(14-16-31)18-19-5-3-2-4-6-19/h2-12,17,29H,13-16,18H2,1H3. The van der Waals surface area contributed by atoms with Gasteiger partial charge < -0.3 is 4.90 Å². The lowest BCUT2D eigenvalue weighted by atomic mass is 10.2. The predicted octanol–water partition coefficient (Wildman–Crippen LogP) is 4.72. The minimum atomic E-state index is -3.96. The summed E-state index contributed by atoms with van der Waals surface area (Å²) in [6, 6.07) is 20.1. The van der Waals surface area contributed by atoms with Crippen molar-refractivity contribution in [2.75, 3.05) is 37.2 Å². The number of nitrogens with zero attached hydrogens (tertiary/aromatic N) is 2. The van der Waals surface area contributed by atoms with Crippen molar-refractivity contribution in [2.45, 2.75) is 16.3 Å². The number of hydrogen-bond donors (Lipinski definition) is 1. The maximum atomic E-state index is 13.3. The average molecular weight is 604 g/mol. The topological polar surface area (TPSA) is 104 Å². The average Bonchev–Trinajstić information content (AvgIpc) is 3.24. The normalized spacial score (nSPS) is 15.0. The second-order valence-electron chi connectivity index (χ2n) is 9.36. The molecule has 1 saturated heterocycles. The minimum absolute atomic E-state index is 0.0332. The molecule has 0 unspecified atom stereocenters. The molecule has 0 bridgehead atoms. The molecule has 0 aliphatic carbocycles. The van der Waals surface area contributed by atoms with E-state index in [1.807, 2.05) is 23.1 Å². The maximum Gasteiger partial charge on any atom is 0.265 e. The number of rotatable bonds is 7. The molecule has 0 atom stereocenters. The van der Waals surface area contributed by atoms with Gasteiger partial charge in [-0.3, -0.25) is 14.4 Å². The number of piperazine rings is 1. The SMILES string of the molecule is CS(=O)(=O)c1ccc(S(=O)(=O)Nc2ccc3c(Cl)c(C(=O)N4CCN(Cc5ccccc5)CC4)sc3c2)cc1. The number of thiophene rings is 1. The van der Waals surface area contributed by atoms with Crippen LogP contribution in [0.4, 0.5) is 5.69 Å². The van der Waals surface area contributed by atoms with Gasteiger partial charge in [-0.25, -0.2) is 16.8 Å². The largest absolute Gasteiger partial charge is 0.335 e. The van der Waals surface area contributed by atoms with Gasteiger partial charge >= 0.3 is 0 Å². The highest BCUT2D eigenvalue weighted by Gasteiger charge is 2.26. The van der Waals surface area contributed by atoms with Crippen LogP contribution in [-0.4, -0.2) is 65.0 Å². The molecule has 2 heterocycles. The van der Waals surface area contributed by atoms with Crippen LogP contribution in [0.3, 0.4) is 0 Å². The van der Waals surface area contributed by atoms with Gasteiger partial charge in [0, 0.05) is 49.1 Å². The van der Waals surface area contributed by atoms with E-state index in [1.165, 1.54) is 41.2 Å². The van der Waals surface area contributed by atoms with E-state index in [1.54, 1.807) is 18.2 Å². The third kappa shape index (κ3) is 6.12. The Bertz CT molecular complexity index is 1730. The van der Waals surface area contributed by atoms with Crippen LogP contribution in [-0.2, 0) is 26.4 Å². The van der Waals surface area contributed by atoms with Gasteiger partial charge in [-0.15, -0.1) is 11.3 Å². The molecule has 8 nitrogen and oxygen atoms in total. The summed E-state index contributed by atoms with van der Waals surface area (Å²) in [7, 11) is -7.40. The van der Waals surface area contributed by atoms with Crippen molar-refractivity contribution < 1.29 is 21.6 Å². The molecule has 1 N–H and O–H groups in total. The number of sulfone groups is 1. The number of fused-ring (bicyclic) bond motifs is 1. The number of anilines is 1. The number of nitrogens with one attached hydrogen (secondary N) is 1. The van der Waals surface area contributed by atoms with Crippen molar-refractivity contribution in [3.8, 4) is 0 Å². The number of sulfonamides is 1. The van der Waals surface area contributed by atoms with Crippen LogP contribution < -0.4 is 4.72 Å². The molecule has 204 valence electrons. The number of carbonyl (C=O) groups excluding carboxylic acids is 1. The van der Waals surface area contributed by atoms with Crippen LogP contribution >= 0.6 is 22.9 Å². The van der Waals surface area contributed by atoms with Crippen LogP contribution in [0.1, 0.15) is 15.2 Å². The summed E-state index contributed by atoms with van der Waals surface area (Å²) >= 11 is 7.84. The van der Waals surface area contributed by atoms with Crippen molar-refractivity contribution in [2.24, 2.45) is 0 Å². The fourth-order valence-corrected chi connectivity index (χ4v) is 7.64. The van der Waals surface area contributed by atoms with E-state index in [2.05, 4.69) is 21.8 Å². The van der Waals surface area contributed by atoms with Crippen molar-refractivity contribution in [1.29, 1.82) is 0 Å². The minimum Gasteiger partial charge on any atom is -0.335 e. The zero-order valence-electron chi connectivity index (χ0n) is 21.0. The Hall–Kier alpha value is -2.96. The Morgan fingerprint density at radius 2 is 1.54 bits per heavy atom. The number of hydrogen-bond acceptors (Lipinski definition) is 7. The molecule has 0 spiro atoms. The summed E-state index contributed by atoms with van der Waals surface area (Å²) in [4.78, 5) is 17.9. The van der Waals surface area contributed by atoms with E-state index < -0.39 is 19.9 Å². The molecule has 1 aromatic heterocycles. The van der Waals surface area contributed by atoms with Crippen LogP contribution in [0.2, 0.25) is 5.02 Å². The van der Waals surface area contributed by atoms with E-state index in [0.717, 1.165) is 25.9 Å². The Labute approximate surface area is 236 Å². The molecule has 0 radical (unpaired) electrons. The lowest BCUT2D eigenvalue weighted by molar-refractivity contribution is 0.0633.